The van der Waals surface area contributed by atoms with Crippen LogP contribution in [0, 0.1) is 23.7 Å². The molecule has 3 aliphatic rings. The highest BCUT2D eigenvalue weighted by Gasteiger charge is 2.41. The molecule has 1 aromatic heterocycles. The molecule has 0 atom stereocenters. The van der Waals surface area contributed by atoms with E-state index in [1.807, 2.05) is 0 Å². The molecule has 0 spiro atoms. The molecule has 2 fully saturated rings. The lowest BCUT2D eigenvalue weighted by molar-refractivity contribution is -0.143. The topological polar surface area (TPSA) is 75.4 Å². The number of aromatic nitrogens is 2. The number of aliphatic carboxylic acids is 1. The van der Waals surface area contributed by atoms with Gasteiger partial charge in [0.2, 0.25) is 5.91 Å². The zero-order valence-electron chi connectivity index (χ0n) is 19.2. The van der Waals surface area contributed by atoms with Crippen LogP contribution in [0.4, 0.5) is 13.2 Å². The van der Waals surface area contributed by atoms with E-state index in [9.17, 15) is 22.8 Å². The molecule has 1 aromatic rings. The van der Waals surface area contributed by atoms with E-state index in [-0.39, 0.29) is 42.8 Å². The van der Waals surface area contributed by atoms with Crippen molar-refractivity contribution in [2.24, 2.45) is 23.7 Å². The lowest BCUT2D eigenvalue weighted by atomic mass is 9.80. The minimum absolute atomic E-state index is 0.0489. The third kappa shape index (κ3) is 5.54. The van der Waals surface area contributed by atoms with Crippen molar-refractivity contribution < 1.29 is 27.9 Å². The van der Waals surface area contributed by atoms with Gasteiger partial charge in [-0.3, -0.25) is 14.3 Å². The van der Waals surface area contributed by atoms with Crippen LogP contribution in [0.15, 0.2) is 0 Å². The highest BCUT2D eigenvalue weighted by atomic mass is 19.4. The summed E-state index contributed by atoms with van der Waals surface area (Å²) in [6.45, 7) is 3.13. The van der Waals surface area contributed by atoms with Crippen molar-refractivity contribution in [1.29, 1.82) is 0 Å². The summed E-state index contributed by atoms with van der Waals surface area (Å²) >= 11 is 0. The Hall–Kier alpha value is -2.06. The summed E-state index contributed by atoms with van der Waals surface area (Å²) in [7, 11) is 0. The molecule has 9 heteroatoms. The lowest BCUT2D eigenvalue weighted by Gasteiger charge is -2.32. The number of fused-ring (bicyclic) bond motifs is 1. The van der Waals surface area contributed by atoms with Crippen molar-refractivity contribution in [3.63, 3.8) is 0 Å². The van der Waals surface area contributed by atoms with Gasteiger partial charge in [-0.05, 0) is 62.7 Å². The molecule has 2 aliphatic carbocycles. The Morgan fingerprint density at radius 3 is 2.27 bits per heavy atom. The quantitative estimate of drug-likeness (QED) is 0.666. The molecule has 2 saturated carbocycles. The number of carbonyl (C=O) groups excluding carboxylic acids is 1. The van der Waals surface area contributed by atoms with Crippen LogP contribution < -0.4 is 0 Å². The van der Waals surface area contributed by atoms with Crippen LogP contribution in [0.1, 0.15) is 81.7 Å². The van der Waals surface area contributed by atoms with Gasteiger partial charge in [0.1, 0.15) is 0 Å². The fourth-order valence-corrected chi connectivity index (χ4v) is 5.82. The normalized spacial score (nSPS) is 28.4. The zero-order valence-corrected chi connectivity index (χ0v) is 19.2. The largest absolute Gasteiger partial charge is 0.481 e. The first-order valence-corrected chi connectivity index (χ1v) is 12.3. The smallest absolute Gasteiger partial charge is 0.435 e. The van der Waals surface area contributed by atoms with E-state index >= 15 is 0 Å². The second-order valence-electron chi connectivity index (χ2n) is 10.4. The molecule has 4 rings (SSSR count). The number of halogens is 3. The molecule has 184 valence electrons. The second kappa shape index (κ2) is 9.66. The maximum atomic E-state index is 13.7. The molecule has 1 aliphatic heterocycles. The van der Waals surface area contributed by atoms with Gasteiger partial charge in [-0.15, -0.1) is 0 Å². The van der Waals surface area contributed by atoms with E-state index in [1.54, 1.807) is 4.90 Å². The molecule has 0 bridgehead atoms. The SMILES string of the molecule is CC1CCC(Cn2nc(C(F)(F)F)c3c2CN(C(=O)C[C@H]2CC[C@H](C(=O)O)CC2)CC3)CC1. The van der Waals surface area contributed by atoms with Crippen molar-refractivity contribution in [2.75, 3.05) is 6.54 Å². The zero-order chi connectivity index (χ0) is 23.8. The highest BCUT2D eigenvalue weighted by molar-refractivity contribution is 5.77. The molecule has 0 saturated heterocycles. The van der Waals surface area contributed by atoms with E-state index in [1.165, 1.54) is 4.68 Å². The summed E-state index contributed by atoms with van der Waals surface area (Å²) in [4.78, 5) is 25.8. The second-order valence-corrected chi connectivity index (χ2v) is 10.4. The summed E-state index contributed by atoms with van der Waals surface area (Å²) in [5, 5.41) is 13.2. The molecule has 6 nitrogen and oxygen atoms in total. The van der Waals surface area contributed by atoms with Gasteiger partial charge in [-0.2, -0.15) is 18.3 Å². The predicted molar refractivity (Wildman–Crippen MR) is 115 cm³/mol. The number of carbonyl (C=O) groups is 2. The van der Waals surface area contributed by atoms with Crippen molar-refractivity contribution >= 4 is 11.9 Å². The van der Waals surface area contributed by atoms with Crippen molar-refractivity contribution in [3.05, 3.63) is 17.0 Å². The van der Waals surface area contributed by atoms with Gasteiger partial charge >= 0.3 is 12.1 Å². The maximum absolute atomic E-state index is 13.7. The number of carboxylic acid groups (broad SMARTS) is 1. The number of carboxylic acids is 1. The summed E-state index contributed by atoms with van der Waals surface area (Å²) in [5.41, 5.74) is -0.00593. The van der Waals surface area contributed by atoms with Gasteiger partial charge in [0.25, 0.3) is 0 Å². The fraction of sp³-hybridized carbons (Fsp3) is 0.792. The van der Waals surface area contributed by atoms with Crippen LogP contribution in [0.3, 0.4) is 0 Å². The van der Waals surface area contributed by atoms with E-state index in [2.05, 4.69) is 12.0 Å². The average Bonchev–Trinajstić information content (AvgIpc) is 3.14. The van der Waals surface area contributed by atoms with Gasteiger partial charge in [0.05, 0.1) is 18.2 Å². The van der Waals surface area contributed by atoms with Crippen LogP contribution in [0.25, 0.3) is 0 Å². The van der Waals surface area contributed by atoms with Crippen molar-refractivity contribution in [2.45, 2.75) is 90.4 Å². The summed E-state index contributed by atoms with van der Waals surface area (Å²) in [6.07, 6.45) is 2.77. The molecule has 2 heterocycles. The van der Waals surface area contributed by atoms with Gasteiger partial charge < -0.3 is 10.0 Å². The van der Waals surface area contributed by atoms with E-state index in [0.717, 1.165) is 25.7 Å². The molecule has 1 N–H and O–H groups in total. The Kier molecular flexibility index (Phi) is 7.05. The Bertz CT molecular complexity index is 866. The standard InChI is InChI=1S/C24H34F3N3O3/c1-15-2-4-17(5-3-15)13-30-20-14-29(11-10-19(20)22(28-30)24(25,26)27)21(31)12-16-6-8-18(9-7-16)23(32)33/h15-18H,2-14H2,1H3,(H,32,33)/t15?,16-,17?,18-. The molecule has 0 aromatic carbocycles. The van der Waals surface area contributed by atoms with Gasteiger partial charge in [-0.1, -0.05) is 19.8 Å². The van der Waals surface area contributed by atoms with E-state index in [4.69, 9.17) is 5.11 Å². The predicted octanol–water partition coefficient (Wildman–Crippen LogP) is 4.89. The highest BCUT2D eigenvalue weighted by Crippen LogP contribution is 2.37. The van der Waals surface area contributed by atoms with Gasteiger partial charge in [0.15, 0.2) is 5.69 Å². The maximum Gasteiger partial charge on any atom is 0.435 e. The first kappa shape index (κ1) is 24.1. The third-order valence-electron chi connectivity index (χ3n) is 7.99. The van der Waals surface area contributed by atoms with E-state index in [0.29, 0.717) is 56.2 Å². The first-order valence-electron chi connectivity index (χ1n) is 12.3. The monoisotopic (exact) mass is 469 g/mol. The molecular weight excluding hydrogens is 435 g/mol. The number of hydrogen-bond donors (Lipinski definition) is 1. The lowest BCUT2D eigenvalue weighted by Crippen LogP contribution is -2.38. The Balaban J connectivity index is 1.44. The number of alkyl halides is 3. The number of amides is 1. The Morgan fingerprint density at radius 1 is 1.03 bits per heavy atom. The Labute approximate surface area is 192 Å². The minimum atomic E-state index is -4.49. The Morgan fingerprint density at radius 2 is 1.67 bits per heavy atom. The summed E-state index contributed by atoms with van der Waals surface area (Å²) < 4.78 is 42.6. The molecule has 0 unspecified atom stereocenters. The minimum Gasteiger partial charge on any atom is -0.481 e. The molecule has 1 amide bonds. The van der Waals surface area contributed by atoms with Crippen molar-refractivity contribution in [1.82, 2.24) is 14.7 Å². The summed E-state index contributed by atoms with van der Waals surface area (Å²) in [6, 6.07) is 0. The van der Waals surface area contributed by atoms with Crippen LogP contribution in [0.2, 0.25) is 0 Å². The van der Waals surface area contributed by atoms with E-state index < -0.39 is 17.8 Å². The van der Waals surface area contributed by atoms with Crippen LogP contribution in [-0.2, 0) is 35.3 Å². The van der Waals surface area contributed by atoms with Crippen LogP contribution >= 0.6 is 0 Å². The first-order chi connectivity index (χ1) is 15.6. The molecular formula is C24H34F3N3O3. The third-order valence-corrected chi connectivity index (χ3v) is 7.99. The number of nitrogens with zero attached hydrogens (tertiary/aromatic N) is 3. The molecule has 33 heavy (non-hydrogen) atoms. The van der Waals surface area contributed by atoms with Crippen LogP contribution in [0.5, 0.6) is 0 Å². The average molecular weight is 470 g/mol. The van der Waals surface area contributed by atoms with Crippen LogP contribution in [-0.4, -0.2) is 38.2 Å². The van der Waals surface area contributed by atoms with Crippen molar-refractivity contribution in [3.8, 4) is 0 Å². The number of hydrogen-bond acceptors (Lipinski definition) is 3. The van der Waals surface area contributed by atoms with Gasteiger partial charge in [0, 0.05) is 25.1 Å². The summed E-state index contributed by atoms with van der Waals surface area (Å²) in [5.74, 6) is -0.0168. The van der Waals surface area contributed by atoms with Gasteiger partial charge in [-0.25, -0.2) is 0 Å². The number of rotatable bonds is 5. The molecule has 0 radical (unpaired) electrons. The fourth-order valence-electron chi connectivity index (χ4n) is 5.82.